The molecule has 0 bridgehead atoms. The van der Waals surface area contributed by atoms with E-state index in [1.165, 1.54) is 5.56 Å². The quantitative estimate of drug-likeness (QED) is 0.659. The Morgan fingerprint density at radius 1 is 1.29 bits per heavy atom. The Morgan fingerprint density at radius 3 is 2.59 bits per heavy atom. The van der Waals surface area contributed by atoms with Gasteiger partial charge < -0.3 is 20.1 Å². The fourth-order valence-electron chi connectivity index (χ4n) is 1.55. The first-order chi connectivity index (χ1) is 8.27. The van der Waals surface area contributed by atoms with Crippen molar-refractivity contribution < 1.29 is 9.84 Å². The van der Waals surface area contributed by atoms with Crippen LogP contribution in [0.1, 0.15) is 5.56 Å². The van der Waals surface area contributed by atoms with Gasteiger partial charge in [-0.25, -0.2) is 0 Å². The van der Waals surface area contributed by atoms with Crippen LogP contribution in [0.2, 0.25) is 0 Å². The first kappa shape index (κ1) is 14.0. The van der Waals surface area contributed by atoms with Crippen molar-refractivity contribution in [3.8, 4) is 0 Å². The Labute approximate surface area is 103 Å². The first-order valence-corrected chi connectivity index (χ1v) is 5.88. The second kappa shape index (κ2) is 8.06. The topological polar surface area (TPSA) is 44.7 Å². The molecule has 0 aliphatic rings. The Kier molecular flexibility index (Phi) is 6.62. The van der Waals surface area contributed by atoms with Crippen molar-refractivity contribution in [1.82, 2.24) is 5.32 Å². The van der Waals surface area contributed by atoms with E-state index < -0.39 is 0 Å². The highest BCUT2D eigenvalue weighted by molar-refractivity contribution is 5.46. The van der Waals surface area contributed by atoms with Crippen LogP contribution in [-0.4, -0.2) is 45.6 Å². The molecule has 0 amide bonds. The maximum absolute atomic E-state index is 8.86. The van der Waals surface area contributed by atoms with Crippen LogP contribution >= 0.6 is 0 Å². The molecule has 0 fully saturated rings. The minimum Gasteiger partial charge on any atom is -0.395 e. The average Bonchev–Trinajstić information content (AvgIpc) is 2.36. The summed E-state index contributed by atoms with van der Waals surface area (Å²) in [6.07, 6.45) is 0. The van der Waals surface area contributed by atoms with E-state index in [-0.39, 0.29) is 6.61 Å². The maximum atomic E-state index is 8.86. The summed E-state index contributed by atoms with van der Waals surface area (Å²) >= 11 is 0. The van der Waals surface area contributed by atoms with E-state index in [0.717, 1.165) is 25.4 Å². The standard InChI is InChI=1S/C13H22N2O2/c1-15(8-9-16)13-5-3-12(4-6-13)11-14-7-10-17-2/h3-6,14,16H,7-11H2,1-2H3. The molecule has 0 saturated carbocycles. The highest BCUT2D eigenvalue weighted by Gasteiger charge is 1.99. The zero-order chi connectivity index (χ0) is 12.5. The van der Waals surface area contributed by atoms with Crippen LogP contribution in [0.25, 0.3) is 0 Å². The van der Waals surface area contributed by atoms with Gasteiger partial charge in [0.05, 0.1) is 13.2 Å². The van der Waals surface area contributed by atoms with Crippen molar-refractivity contribution in [3.63, 3.8) is 0 Å². The lowest BCUT2D eigenvalue weighted by molar-refractivity contribution is 0.199. The van der Waals surface area contributed by atoms with Crippen molar-refractivity contribution in [2.24, 2.45) is 0 Å². The summed E-state index contributed by atoms with van der Waals surface area (Å²) in [6, 6.07) is 8.35. The normalized spacial score (nSPS) is 10.5. The number of aliphatic hydroxyl groups excluding tert-OH is 1. The summed E-state index contributed by atoms with van der Waals surface area (Å²) in [5, 5.41) is 12.2. The molecule has 0 aromatic heterocycles. The van der Waals surface area contributed by atoms with Crippen LogP contribution < -0.4 is 10.2 Å². The zero-order valence-electron chi connectivity index (χ0n) is 10.6. The second-order valence-electron chi connectivity index (χ2n) is 3.98. The maximum Gasteiger partial charge on any atom is 0.0606 e. The van der Waals surface area contributed by atoms with Gasteiger partial charge in [0, 0.05) is 39.5 Å². The summed E-state index contributed by atoms with van der Waals surface area (Å²) in [5.74, 6) is 0. The summed E-state index contributed by atoms with van der Waals surface area (Å²) in [5.41, 5.74) is 2.38. The van der Waals surface area contributed by atoms with Gasteiger partial charge in [-0.1, -0.05) is 12.1 Å². The van der Waals surface area contributed by atoms with Gasteiger partial charge in [-0.05, 0) is 17.7 Å². The number of hydrogen-bond donors (Lipinski definition) is 2. The summed E-state index contributed by atoms with van der Waals surface area (Å²) in [6.45, 7) is 3.29. The number of anilines is 1. The van der Waals surface area contributed by atoms with E-state index >= 15 is 0 Å². The number of likely N-dealkylation sites (N-methyl/N-ethyl adjacent to an activating group) is 1. The minimum absolute atomic E-state index is 0.177. The fourth-order valence-corrected chi connectivity index (χ4v) is 1.55. The molecule has 0 radical (unpaired) electrons. The predicted molar refractivity (Wildman–Crippen MR) is 70.4 cm³/mol. The van der Waals surface area contributed by atoms with Crippen LogP contribution in [0.3, 0.4) is 0 Å². The van der Waals surface area contributed by atoms with Gasteiger partial charge in [-0.2, -0.15) is 0 Å². The lowest BCUT2D eigenvalue weighted by atomic mass is 10.2. The number of hydrogen-bond acceptors (Lipinski definition) is 4. The Hall–Kier alpha value is -1.10. The Balaban J connectivity index is 2.39. The summed E-state index contributed by atoms with van der Waals surface area (Å²) in [4.78, 5) is 2.03. The SMILES string of the molecule is COCCNCc1ccc(N(C)CCO)cc1. The molecule has 4 heteroatoms. The van der Waals surface area contributed by atoms with Crippen molar-refractivity contribution in [2.75, 3.05) is 45.4 Å². The van der Waals surface area contributed by atoms with Gasteiger partial charge in [-0.15, -0.1) is 0 Å². The van der Waals surface area contributed by atoms with Gasteiger partial charge in [0.15, 0.2) is 0 Å². The van der Waals surface area contributed by atoms with E-state index in [9.17, 15) is 0 Å². The van der Waals surface area contributed by atoms with Gasteiger partial charge in [0.1, 0.15) is 0 Å². The third-order valence-electron chi connectivity index (χ3n) is 2.62. The fraction of sp³-hybridized carbons (Fsp3) is 0.538. The van der Waals surface area contributed by atoms with Crippen molar-refractivity contribution >= 4 is 5.69 Å². The molecule has 0 aliphatic heterocycles. The van der Waals surface area contributed by atoms with Gasteiger partial charge in [-0.3, -0.25) is 0 Å². The molecule has 0 atom stereocenters. The zero-order valence-corrected chi connectivity index (χ0v) is 10.6. The number of aliphatic hydroxyl groups is 1. The summed E-state index contributed by atoms with van der Waals surface area (Å²) in [7, 11) is 3.68. The third kappa shape index (κ3) is 5.17. The molecule has 0 aliphatic carbocycles. The van der Waals surface area contributed by atoms with E-state index in [4.69, 9.17) is 9.84 Å². The molecule has 0 spiro atoms. The second-order valence-corrected chi connectivity index (χ2v) is 3.98. The number of benzene rings is 1. The predicted octanol–water partition coefficient (Wildman–Crippen LogP) is 0.851. The van der Waals surface area contributed by atoms with Crippen molar-refractivity contribution in [1.29, 1.82) is 0 Å². The lowest BCUT2D eigenvalue weighted by Gasteiger charge is -2.18. The van der Waals surface area contributed by atoms with Crippen molar-refractivity contribution in [2.45, 2.75) is 6.54 Å². The highest BCUT2D eigenvalue weighted by Crippen LogP contribution is 2.13. The van der Waals surface area contributed by atoms with E-state index in [1.807, 2.05) is 11.9 Å². The largest absolute Gasteiger partial charge is 0.395 e. The van der Waals surface area contributed by atoms with Crippen LogP contribution in [-0.2, 0) is 11.3 Å². The number of methoxy groups -OCH3 is 1. The molecule has 0 heterocycles. The first-order valence-electron chi connectivity index (χ1n) is 5.88. The molecular formula is C13H22N2O2. The molecule has 1 aromatic carbocycles. The van der Waals surface area contributed by atoms with E-state index in [2.05, 4.69) is 29.6 Å². The Morgan fingerprint density at radius 2 is 2.00 bits per heavy atom. The molecule has 2 N–H and O–H groups in total. The van der Waals surface area contributed by atoms with E-state index in [0.29, 0.717) is 6.54 Å². The highest BCUT2D eigenvalue weighted by atomic mass is 16.5. The van der Waals surface area contributed by atoms with Gasteiger partial charge in [0.25, 0.3) is 0 Å². The number of nitrogens with one attached hydrogen (secondary N) is 1. The number of ether oxygens (including phenoxy) is 1. The average molecular weight is 238 g/mol. The lowest BCUT2D eigenvalue weighted by Crippen LogP contribution is -2.21. The minimum atomic E-state index is 0.177. The smallest absolute Gasteiger partial charge is 0.0606 e. The van der Waals surface area contributed by atoms with Gasteiger partial charge >= 0.3 is 0 Å². The van der Waals surface area contributed by atoms with Crippen LogP contribution in [0.4, 0.5) is 5.69 Å². The van der Waals surface area contributed by atoms with Crippen LogP contribution in [0.5, 0.6) is 0 Å². The van der Waals surface area contributed by atoms with Crippen LogP contribution in [0.15, 0.2) is 24.3 Å². The molecule has 96 valence electrons. The number of nitrogens with zero attached hydrogens (tertiary/aromatic N) is 1. The molecular weight excluding hydrogens is 216 g/mol. The molecule has 17 heavy (non-hydrogen) atoms. The molecule has 4 nitrogen and oxygen atoms in total. The molecule has 1 aromatic rings. The molecule has 0 unspecified atom stereocenters. The molecule has 1 rings (SSSR count). The molecule has 0 saturated heterocycles. The van der Waals surface area contributed by atoms with Gasteiger partial charge in [0.2, 0.25) is 0 Å². The van der Waals surface area contributed by atoms with Crippen molar-refractivity contribution in [3.05, 3.63) is 29.8 Å². The van der Waals surface area contributed by atoms with Crippen LogP contribution in [0, 0.1) is 0 Å². The van der Waals surface area contributed by atoms with E-state index in [1.54, 1.807) is 7.11 Å². The third-order valence-corrected chi connectivity index (χ3v) is 2.62. The monoisotopic (exact) mass is 238 g/mol. The number of rotatable bonds is 8. The summed E-state index contributed by atoms with van der Waals surface area (Å²) < 4.78 is 4.96. The Bertz CT molecular complexity index is 301.